The van der Waals surface area contributed by atoms with E-state index in [9.17, 15) is 0 Å². The molecule has 0 bridgehead atoms. The van der Waals surface area contributed by atoms with Gasteiger partial charge in [0.2, 0.25) is 0 Å². The van der Waals surface area contributed by atoms with Crippen molar-refractivity contribution in [1.29, 1.82) is 0 Å². The van der Waals surface area contributed by atoms with Gasteiger partial charge in [-0.1, -0.05) is 25.7 Å². The Morgan fingerprint density at radius 2 is 0.708 bits per heavy atom. The minimum Gasteiger partial charge on any atom is -0.296 e. The minimum absolute atomic E-state index is 0.988. The lowest BCUT2D eigenvalue weighted by Crippen LogP contribution is -2.45. The number of likely N-dealkylation sites (tertiary alicyclic amines) is 2. The largest absolute Gasteiger partial charge is 0.296 e. The van der Waals surface area contributed by atoms with E-state index in [0.717, 1.165) is 47.8 Å². The van der Waals surface area contributed by atoms with Gasteiger partial charge in [0.1, 0.15) is 0 Å². The fourth-order valence-electron chi connectivity index (χ4n) is 8.91. The van der Waals surface area contributed by atoms with Crippen molar-refractivity contribution in [1.82, 2.24) is 9.80 Å². The molecule has 8 atom stereocenters. The zero-order valence-corrected chi connectivity index (χ0v) is 15.4. The van der Waals surface area contributed by atoms with Gasteiger partial charge < -0.3 is 0 Å². The summed E-state index contributed by atoms with van der Waals surface area (Å²) in [6.07, 6.45) is 18.4. The first-order valence-electron chi connectivity index (χ1n) is 11.4. The highest BCUT2D eigenvalue weighted by Crippen LogP contribution is 2.53. The molecule has 6 aliphatic rings. The van der Waals surface area contributed by atoms with Crippen LogP contribution in [0.15, 0.2) is 0 Å². The highest BCUT2D eigenvalue weighted by molar-refractivity contribution is 5.07. The van der Waals surface area contributed by atoms with Crippen LogP contribution in [0.2, 0.25) is 0 Å². The zero-order valence-electron chi connectivity index (χ0n) is 15.4. The van der Waals surface area contributed by atoms with Crippen molar-refractivity contribution in [3.8, 4) is 0 Å². The molecule has 0 amide bonds. The Labute approximate surface area is 148 Å². The standard InChI is InChI=1S/C22H36N2/c1-5-15-16-6-2-10-20(16)23(19(15)9-1)13-14-24-21-11-3-7-17(21)18-8-4-12-22(18)24/h15-22H,1-14H2/t15-,16-,17-,18-,19-,20-,21-,22-/m1/s1. The van der Waals surface area contributed by atoms with Crippen LogP contribution in [0.25, 0.3) is 0 Å². The summed E-state index contributed by atoms with van der Waals surface area (Å²) < 4.78 is 0. The Morgan fingerprint density at radius 3 is 1.00 bits per heavy atom. The van der Waals surface area contributed by atoms with E-state index in [2.05, 4.69) is 9.80 Å². The second-order valence-corrected chi connectivity index (χ2v) is 10.1. The molecule has 4 saturated carbocycles. The summed E-state index contributed by atoms with van der Waals surface area (Å²) in [5, 5.41) is 0. The fourth-order valence-corrected chi connectivity index (χ4v) is 8.91. The molecule has 0 spiro atoms. The lowest BCUT2D eigenvalue weighted by Gasteiger charge is -2.35. The van der Waals surface area contributed by atoms with E-state index in [4.69, 9.17) is 0 Å². The van der Waals surface area contributed by atoms with E-state index in [1.165, 1.54) is 64.5 Å². The van der Waals surface area contributed by atoms with Crippen LogP contribution in [0, 0.1) is 23.7 Å². The molecule has 6 fully saturated rings. The third kappa shape index (κ3) is 2.02. The van der Waals surface area contributed by atoms with Crippen LogP contribution in [-0.2, 0) is 0 Å². The van der Waals surface area contributed by atoms with Crippen LogP contribution in [-0.4, -0.2) is 47.1 Å². The first-order chi connectivity index (χ1) is 11.9. The lowest BCUT2D eigenvalue weighted by atomic mass is 9.90. The van der Waals surface area contributed by atoms with E-state index in [1.54, 1.807) is 25.7 Å². The van der Waals surface area contributed by atoms with E-state index in [1.807, 2.05) is 0 Å². The van der Waals surface area contributed by atoms with Crippen molar-refractivity contribution in [2.75, 3.05) is 13.1 Å². The third-order valence-electron chi connectivity index (χ3n) is 9.55. The number of nitrogens with zero attached hydrogens (tertiary/aromatic N) is 2. The van der Waals surface area contributed by atoms with Crippen molar-refractivity contribution in [3.63, 3.8) is 0 Å². The number of hydrogen-bond donors (Lipinski definition) is 0. The maximum Gasteiger partial charge on any atom is 0.0130 e. The number of hydrogen-bond acceptors (Lipinski definition) is 2. The van der Waals surface area contributed by atoms with E-state index >= 15 is 0 Å². The predicted octanol–water partition coefficient (Wildman–Crippen LogP) is 4.29. The first-order valence-corrected chi connectivity index (χ1v) is 11.4. The molecule has 6 rings (SSSR count). The summed E-state index contributed by atoms with van der Waals surface area (Å²) in [7, 11) is 0. The fraction of sp³-hybridized carbons (Fsp3) is 1.00. The van der Waals surface area contributed by atoms with Crippen LogP contribution >= 0.6 is 0 Å². The Morgan fingerprint density at radius 1 is 0.417 bits per heavy atom. The molecule has 2 nitrogen and oxygen atoms in total. The summed E-state index contributed by atoms with van der Waals surface area (Å²) in [4.78, 5) is 6.11. The van der Waals surface area contributed by atoms with Gasteiger partial charge in [-0.05, 0) is 75.0 Å². The molecule has 2 heterocycles. The maximum absolute atomic E-state index is 3.06. The number of rotatable bonds is 3. The van der Waals surface area contributed by atoms with Crippen molar-refractivity contribution < 1.29 is 0 Å². The zero-order chi connectivity index (χ0) is 15.7. The lowest BCUT2D eigenvalue weighted by molar-refractivity contribution is 0.118. The molecular weight excluding hydrogens is 292 g/mol. The molecule has 2 aliphatic heterocycles. The molecule has 4 aliphatic carbocycles. The van der Waals surface area contributed by atoms with Gasteiger partial charge in [0, 0.05) is 37.3 Å². The highest BCUT2D eigenvalue weighted by atomic mass is 15.3. The van der Waals surface area contributed by atoms with Crippen LogP contribution < -0.4 is 0 Å². The monoisotopic (exact) mass is 328 g/mol. The predicted molar refractivity (Wildman–Crippen MR) is 97.9 cm³/mol. The van der Waals surface area contributed by atoms with Crippen molar-refractivity contribution in [2.24, 2.45) is 23.7 Å². The Hall–Kier alpha value is -0.0800. The SMILES string of the molecule is C1C[C@@H]2[C@H]3CCC[C@H]3N(CCN3[C@@H]4CCC[C@@H]4[C@H]4CCC[C@H]43)[C@@H]2C1. The quantitative estimate of drug-likeness (QED) is 0.762. The van der Waals surface area contributed by atoms with Crippen molar-refractivity contribution in [3.05, 3.63) is 0 Å². The van der Waals surface area contributed by atoms with E-state index in [0.29, 0.717) is 0 Å². The third-order valence-corrected chi connectivity index (χ3v) is 9.55. The molecular formula is C22H36N2. The molecule has 134 valence electrons. The Kier molecular flexibility index (Phi) is 3.57. The first kappa shape index (κ1) is 15.0. The highest BCUT2D eigenvalue weighted by Gasteiger charge is 2.54. The van der Waals surface area contributed by atoms with Crippen LogP contribution in [0.3, 0.4) is 0 Å². The second-order valence-electron chi connectivity index (χ2n) is 10.1. The van der Waals surface area contributed by atoms with E-state index in [-0.39, 0.29) is 0 Å². The van der Waals surface area contributed by atoms with Gasteiger partial charge in [-0.3, -0.25) is 9.80 Å². The number of fused-ring (bicyclic) bond motifs is 6. The van der Waals surface area contributed by atoms with Gasteiger partial charge in [-0.2, -0.15) is 0 Å². The average Bonchev–Trinajstić information content (AvgIpc) is 3.38. The van der Waals surface area contributed by atoms with Gasteiger partial charge in [-0.15, -0.1) is 0 Å². The van der Waals surface area contributed by atoms with Crippen LogP contribution in [0.1, 0.15) is 77.0 Å². The average molecular weight is 329 g/mol. The van der Waals surface area contributed by atoms with Gasteiger partial charge in [0.05, 0.1) is 0 Å². The summed E-state index contributed by atoms with van der Waals surface area (Å²) in [6.45, 7) is 2.82. The van der Waals surface area contributed by atoms with Gasteiger partial charge >= 0.3 is 0 Å². The molecule has 2 heteroatoms. The summed E-state index contributed by atoms with van der Waals surface area (Å²) >= 11 is 0. The summed E-state index contributed by atoms with van der Waals surface area (Å²) in [5.41, 5.74) is 0. The molecule has 0 aromatic carbocycles. The Balaban J connectivity index is 1.19. The van der Waals surface area contributed by atoms with Gasteiger partial charge in [0.25, 0.3) is 0 Å². The molecule has 0 aromatic heterocycles. The molecule has 2 saturated heterocycles. The summed E-state index contributed by atoms with van der Waals surface area (Å²) in [6, 6.07) is 3.95. The van der Waals surface area contributed by atoms with Crippen molar-refractivity contribution in [2.45, 2.75) is 101 Å². The molecule has 0 N–H and O–H groups in total. The second kappa shape index (κ2) is 5.71. The topological polar surface area (TPSA) is 6.48 Å². The van der Waals surface area contributed by atoms with Crippen molar-refractivity contribution >= 4 is 0 Å². The van der Waals surface area contributed by atoms with Gasteiger partial charge in [-0.25, -0.2) is 0 Å². The molecule has 0 aromatic rings. The Bertz CT molecular complexity index is 406. The van der Waals surface area contributed by atoms with E-state index < -0.39 is 0 Å². The van der Waals surface area contributed by atoms with Gasteiger partial charge in [0.15, 0.2) is 0 Å². The summed E-state index contributed by atoms with van der Waals surface area (Å²) in [5.74, 6) is 4.37. The smallest absolute Gasteiger partial charge is 0.0130 e. The molecule has 0 radical (unpaired) electrons. The van der Waals surface area contributed by atoms with Crippen LogP contribution in [0.4, 0.5) is 0 Å². The minimum atomic E-state index is 0.988. The molecule has 24 heavy (non-hydrogen) atoms. The molecule has 0 unspecified atom stereocenters. The normalized spacial score (nSPS) is 53.5. The van der Waals surface area contributed by atoms with Crippen LogP contribution in [0.5, 0.6) is 0 Å². The maximum atomic E-state index is 3.06.